The Labute approximate surface area is 123 Å². The van der Waals surface area contributed by atoms with Crippen LogP contribution in [0.15, 0.2) is 11.6 Å². The predicted molar refractivity (Wildman–Crippen MR) is 71.4 cm³/mol. The van der Waals surface area contributed by atoms with Crippen LogP contribution in [0.2, 0.25) is 0 Å². The van der Waals surface area contributed by atoms with Crippen molar-refractivity contribution in [2.24, 2.45) is 10.8 Å². The highest BCUT2D eigenvalue weighted by Crippen LogP contribution is 2.71. The van der Waals surface area contributed by atoms with Gasteiger partial charge in [0.15, 0.2) is 0 Å². The molecule has 6 heteroatoms. The van der Waals surface area contributed by atoms with Crippen LogP contribution in [0, 0.1) is 10.8 Å². The Balaban J connectivity index is 1.93. The van der Waals surface area contributed by atoms with E-state index in [2.05, 4.69) is 0 Å². The first-order valence-corrected chi connectivity index (χ1v) is 7.47. The largest absolute Gasteiger partial charge is 0.396 e. The highest BCUT2D eigenvalue weighted by atomic mass is 16.6. The smallest absolute Gasteiger partial charge is 0.126 e. The van der Waals surface area contributed by atoms with Crippen LogP contribution in [0.1, 0.15) is 20.3 Å². The van der Waals surface area contributed by atoms with Crippen molar-refractivity contribution in [1.82, 2.24) is 0 Å². The van der Waals surface area contributed by atoms with E-state index in [0.29, 0.717) is 18.6 Å². The van der Waals surface area contributed by atoms with E-state index in [1.54, 1.807) is 13.0 Å². The summed E-state index contributed by atoms with van der Waals surface area (Å²) in [5.41, 5.74) is -1.76. The zero-order valence-corrected chi connectivity index (χ0v) is 12.2. The summed E-state index contributed by atoms with van der Waals surface area (Å²) in [5.74, 6) is 0. The van der Waals surface area contributed by atoms with Crippen molar-refractivity contribution in [2.45, 2.75) is 56.4 Å². The molecule has 2 heterocycles. The van der Waals surface area contributed by atoms with Crippen LogP contribution in [0.3, 0.4) is 0 Å². The number of ether oxygens (including phenoxy) is 2. The molecule has 21 heavy (non-hydrogen) atoms. The lowest BCUT2D eigenvalue weighted by molar-refractivity contribution is -0.261. The van der Waals surface area contributed by atoms with Crippen LogP contribution in [-0.4, -0.2) is 69.8 Å². The van der Waals surface area contributed by atoms with Gasteiger partial charge in [-0.3, -0.25) is 0 Å². The van der Waals surface area contributed by atoms with Crippen LogP contribution in [0.4, 0.5) is 0 Å². The fraction of sp³-hybridized carbons (Fsp3) is 0.867. The minimum absolute atomic E-state index is 0.333. The Hall–Kier alpha value is -0.500. The predicted octanol–water partition coefficient (Wildman–Crippen LogP) is -1.05. The van der Waals surface area contributed by atoms with Gasteiger partial charge >= 0.3 is 0 Å². The lowest BCUT2D eigenvalue weighted by Crippen LogP contribution is -2.71. The van der Waals surface area contributed by atoms with Gasteiger partial charge in [-0.1, -0.05) is 13.0 Å². The maximum Gasteiger partial charge on any atom is 0.126 e. The number of epoxide rings is 1. The number of aliphatic hydroxyl groups excluding tert-OH is 4. The molecule has 0 radical (unpaired) electrons. The summed E-state index contributed by atoms with van der Waals surface area (Å²) >= 11 is 0. The second-order valence-electron chi connectivity index (χ2n) is 7.26. The van der Waals surface area contributed by atoms with Crippen LogP contribution in [0.5, 0.6) is 0 Å². The first-order valence-electron chi connectivity index (χ1n) is 7.47. The fourth-order valence-electron chi connectivity index (χ4n) is 5.17. The van der Waals surface area contributed by atoms with Crippen molar-refractivity contribution in [3.8, 4) is 0 Å². The van der Waals surface area contributed by atoms with Gasteiger partial charge in [0.05, 0.1) is 36.9 Å². The lowest BCUT2D eigenvalue weighted by Gasteiger charge is -2.59. The third kappa shape index (κ3) is 1.27. The molecular weight excluding hydrogens is 276 g/mol. The van der Waals surface area contributed by atoms with Gasteiger partial charge < -0.3 is 29.9 Å². The normalized spacial score (nSPS) is 61.6. The molecule has 0 unspecified atom stereocenters. The third-order valence-corrected chi connectivity index (χ3v) is 6.61. The maximum atomic E-state index is 10.8. The summed E-state index contributed by atoms with van der Waals surface area (Å²) in [7, 11) is 0. The monoisotopic (exact) mass is 298 g/mol. The van der Waals surface area contributed by atoms with E-state index in [-0.39, 0.29) is 6.61 Å². The average molecular weight is 298 g/mol. The zero-order valence-electron chi connectivity index (χ0n) is 12.2. The molecule has 2 aliphatic heterocycles. The first kappa shape index (κ1) is 14.1. The molecule has 4 aliphatic rings. The molecule has 4 rings (SSSR count). The zero-order chi connectivity index (χ0) is 15.2. The molecule has 0 amide bonds. The molecule has 3 fully saturated rings. The average Bonchev–Trinajstić information content (AvgIpc) is 3.20. The number of hydrogen-bond donors (Lipinski definition) is 4. The molecule has 0 aromatic carbocycles. The van der Waals surface area contributed by atoms with Crippen molar-refractivity contribution >= 4 is 0 Å². The van der Waals surface area contributed by atoms with Gasteiger partial charge in [-0.15, -0.1) is 0 Å². The summed E-state index contributed by atoms with van der Waals surface area (Å²) in [6, 6.07) is 0. The van der Waals surface area contributed by atoms with Gasteiger partial charge in [-0.05, 0) is 18.9 Å². The summed E-state index contributed by atoms with van der Waals surface area (Å²) < 4.78 is 11.7. The van der Waals surface area contributed by atoms with E-state index in [1.807, 2.05) is 6.92 Å². The Morgan fingerprint density at radius 2 is 2.00 bits per heavy atom. The summed E-state index contributed by atoms with van der Waals surface area (Å²) in [6.07, 6.45) is -1.72. The minimum Gasteiger partial charge on any atom is -0.396 e. The molecule has 2 aliphatic carbocycles. The van der Waals surface area contributed by atoms with Gasteiger partial charge in [0, 0.05) is 5.41 Å². The fourth-order valence-corrected chi connectivity index (χ4v) is 5.17. The van der Waals surface area contributed by atoms with Crippen molar-refractivity contribution < 1.29 is 29.9 Å². The molecule has 4 N–H and O–H groups in total. The number of hydrogen-bond acceptors (Lipinski definition) is 6. The van der Waals surface area contributed by atoms with Gasteiger partial charge in [-0.25, -0.2) is 0 Å². The highest BCUT2D eigenvalue weighted by Gasteiger charge is 2.82. The van der Waals surface area contributed by atoms with Gasteiger partial charge in [0.25, 0.3) is 0 Å². The number of aliphatic hydroxyl groups is 4. The van der Waals surface area contributed by atoms with E-state index in [1.165, 1.54) is 0 Å². The third-order valence-electron chi connectivity index (χ3n) is 6.61. The number of rotatable bonds is 1. The Bertz CT molecular complexity index is 514. The van der Waals surface area contributed by atoms with Crippen molar-refractivity contribution in [3.63, 3.8) is 0 Å². The second kappa shape index (κ2) is 3.88. The van der Waals surface area contributed by atoms with Crippen LogP contribution < -0.4 is 0 Å². The molecule has 1 saturated carbocycles. The molecular formula is C15H22O6. The summed E-state index contributed by atoms with van der Waals surface area (Å²) in [4.78, 5) is 0. The summed E-state index contributed by atoms with van der Waals surface area (Å²) in [5, 5.41) is 41.6. The van der Waals surface area contributed by atoms with Crippen LogP contribution in [-0.2, 0) is 9.47 Å². The van der Waals surface area contributed by atoms with Gasteiger partial charge in [0.1, 0.15) is 17.8 Å². The second-order valence-corrected chi connectivity index (χ2v) is 7.26. The van der Waals surface area contributed by atoms with E-state index < -0.39 is 47.0 Å². The van der Waals surface area contributed by atoms with Crippen LogP contribution >= 0.6 is 0 Å². The Morgan fingerprint density at radius 1 is 1.33 bits per heavy atom. The van der Waals surface area contributed by atoms with E-state index in [9.17, 15) is 20.4 Å². The summed E-state index contributed by atoms with van der Waals surface area (Å²) in [6.45, 7) is 3.78. The molecule has 8 atom stereocenters. The van der Waals surface area contributed by atoms with Crippen molar-refractivity contribution in [2.75, 3.05) is 13.2 Å². The molecule has 0 aromatic heterocycles. The minimum atomic E-state index is -1.16. The van der Waals surface area contributed by atoms with Gasteiger partial charge in [0.2, 0.25) is 0 Å². The molecule has 2 saturated heterocycles. The highest BCUT2D eigenvalue weighted by molar-refractivity contribution is 5.35. The van der Waals surface area contributed by atoms with Crippen molar-refractivity contribution in [3.05, 3.63) is 11.6 Å². The molecule has 1 spiro atoms. The molecule has 118 valence electrons. The topological polar surface area (TPSA) is 103 Å². The maximum absolute atomic E-state index is 10.8. The van der Waals surface area contributed by atoms with Gasteiger partial charge in [-0.2, -0.15) is 0 Å². The lowest BCUT2D eigenvalue weighted by atomic mass is 9.50. The molecule has 0 aromatic rings. The molecule has 6 nitrogen and oxygen atoms in total. The Morgan fingerprint density at radius 3 is 2.57 bits per heavy atom. The van der Waals surface area contributed by atoms with E-state index in [4.69, 9.17) is 9.47 Å². The van der Waals surface area contributed by atoms with E-state index >= 15 is 0 Å². The first-order chi connectivity index (χ1) is 9.84. The van der Waals surface area contributed by atoms with Crippen LogP contribution in [0.25, 0.3) is 0 Å². The van der Waals surface area contributed by atoms with Crippen molar-refractivity contribution in [1.29, 1.82) is 0 Å². The molecule has 2 bridgehead atoms. The standard InChI is InChI=1S/C15H22O6/c1-7-3-9-14(5-16,11(19)10(7)18)13(2)4-8(17)12(21-9)15(13)6-20-15/h3,8-12,16-19H,4-6H2,1-2H3/t8-,9+,10-,11-,12-,13-,14-,15+/m1/s1. The number of fused-ring (bicyclic) bond motifs is 2. The quantitative estimate of drug-likeness (QED) is 0.364. The SMILES string of the molecule is CC1=C[C@@H]2O[C@@H]3[C@H](O)C[C@](C)([C@@]2(CO)[C@H](O)[C@@H]1O)[C@]31CO1. The van der Waals surface area contributed by atoms with E-state index in [0.717, 1.165) is 0 Å². The Kier molecular flexibility index (Phi) is 2.60.